The summed E-state index contributed by atoms with van der Waals surface area (Å²) >= 11 is 5.86. The molecule has 1 aromatic carbocycles. The number of benzene rings is 1. The monoisotopic (exact) mass is 262 g/mol. The van der Waals surface area contributed by atoms with Crippen LogP contribution in [0.15, 0.2) is 23.1 Å². The molecule has 0 saturated carbocycles. The van der Waals surface area contributed by atoms with Crippen LogP contribution < -0.4 is 5.73 Å². The molecule has 0 bridgehead atoms. The Labute approximate surface area is 101 Å². The number of nitrogens with zero attached hydrogens (tertiary/aromatic N) is 1. The fourth-order valence-corrected chi connectivity index (χ4v) is 3.09. The van der Waals surface area contributed by atoms with Crippen LogP contribution in [0.1, 0.15) is 13.3 Å². The van der Waals surface area contributed by atoms with Gasteiger partial charge in [0.1, 0.15) is 4.90 Å². The molecule has 0 saturated heterocycles. The molecule has 6 heteroatoms. The predicted octanol–water partition coefficient (Wildman–Crippen LogP) is 1.95. The third-order valence-electron chi connectivity index (χ3n) is 2.18. The number of rotatable bonds is 4. The molecule has 2 N–H and O–H groups in total. The van der Waals surface area contributed by atoms with Crippen molar-refractivity contribution in [1.29, 1.82) is 0 Å². The second kappa shape index (κ2) is 5.03. The Morgan fingerprint density at radius 1 is 1.44 bits per heavy atom. The molecule has 0 heterocycles. The van der Waals surface area contributed by atoms with Crippen LogP contribution in [-0.2, 0) is 10.0 Å². The lowest BCUT2D eigenvalue weighted by molar-refractivity contribution is 0.468. The van der Waals surface area contributed by atoms with E-state index in [0.29, 0.717) is 12.2 Å². The van der Waals surface area contributed by atoms with Crippen LogP contribution >= 0.6 is 11.6 Å². The number of nitrogens with two attached hydrogens (primary N) is 1. The standard InChI is InChI=1S/C10H15ClN2O2S/c1-3-6-13(2)16(14,15)10-7-8(12)4-5-9(10)11/h4-5,7H,3,6,12H2,1-2H3. The zero-order chi connectivity index (χ0) is 12.3. The Kier molecular flexibility index (Phi) is 4.18. The molecule has 0 fully saturated rings. The number of halogens is 1. The van der Waals surface area contributed by atoms with Crippen LogP contribution in [0.25, 0.3) is 0 Å². The SMILES string of the molecule is CCCN(C)S(=O)(=O)c1cc(N)ccc1Cl. The van der Waals surface area contributed by atoms with Gasteiger partial charge in [0, 0.05) is 19.3 Å². The Hall–Kier alpha value is -0.780. The maximum Gasteiger partial charge on any atom is 0.244 e. The molecule has 0 aliphatic heterocycles. The van der Waals surface area contributed by atoms with E-state index in [4.69, 9.17) is 17.3 Å². The minimum atomic E-state index is -3.53. The molecule has 4 nitrogen and oxygen atoms in total. The van der Waals surface area contributed by atoms with Crippen molar-refractivity contribution in [2.24, 2.45) is 0 Å². The molecule has 0 spiro atoms. The van der Waals surface area contributed by atoms with E-state index in [0.717, 1.165) is 6.42 Å². The Balaban J connectivity index is 3.21. The van der Waals surface area contributed by atoms with Gasteiger partial charge in [-0.1, -0.05) is 18.5 Å². The van der Waals surface area contributed by atoms with E-state index in [-0.39, 0.29) is 9.92 Å². The molecule has 0 aromatic heterocycles. The van der Waals surface area contributed by atoms with Gasteiger partial charge in [-0.25, -0.2) is 12.7 Å². The van der Waals surface area contributed by atoms with Gasteiger partial charge in [0.25, 0.3) is 0 Å². The van der Waals surface area contributed by atoms with Crippen molar-refractivity contribution in [3.8, 4) is 0 Å². The van der Waals surface area contributed by atoms with E-state index >= 15 is 0 Å². The average molecular weight is 263 g/mol. The van der Waals surface area contributed by atoms with Crippen molar-refractivity contribution in [3.63, 3.8) is 0 Å². The summed E-state index contributed by atoms with van der Waals surface area (Å²) in [5.74, 6) is 0. The van der Waals surface area contributed by atoms with Gasteiger partial charge in [-0.05, 0) is 24.6 Å². The summed E-state index contributed by atoms with van der Waals surface area (Å²) in [6.07, 6.45) is 0.746. The third kappa shape index (κ3) is 2.66. The topological polar surface area (TPSA) is 63.4 Å². The number of hydrogen-bond donors (Lipinski definition) is 1. The van der Waals surface area contributed by atoms with Crippen molar-refractivity contribution in [1.82, 2.24) is 4.31 Å². The normalized spacial score (nSPS) is 12.0. The summed E-state index contributed by atoms with van der Waals surface area (Å²) < 4.78 is 25.4. The molecule has 1 rings (SSSR count). The van der Waals surface area contributed by atoms with Gasteiger partial charge >= 0.3 is 0 Å². The number of sulfonamides is 1. The lowest BCUT2D eigenvalue weighted by Crippen LogP contribution is -2.27. The molecule has 0 unspecified atom stereocenters. The smallest absolute Gasteiger partial charge is 0.244 e. The van der Waals surface area contributed by atoms with E-state index in [1.807, 2.05) is 6.92 Å². The second-order valence-electron chi connectivity index (χ2n) is 3.52. The minimum Gasteiger partial charge on any atom is -0.399 e. The highest BCUT2D eigenvalue weighted by Crippen LogP contribution is 2.26. The first-order valence-electron chi connectivity index (χ1n) is 4.91. The molecule has 0 amide bonds. The Morgan fingerprint density at radius 3 is 2.62 bits per heavy atom. The summed E-state index contributed by atoms with van der Waals surface area (Å²) in [4.78, 5) is 0.0603. The minimum absolute atomic E-state index is 0.0603. The summed E-state index contributed by atoms with van der Waals surface area (Å²) in [5.41, 5.74) is 5.94. The van der Waals surface area contributed by atoms with Gasteiger partial charge in [-0.15, -0.1) is 0 Å². The highest BCUT2D eigenvalue weighted by Gasteiger charge is 2.22. The van der Waals surface area contributed by atoms with Gasteiger partial charge in [0.2, 0.25) is 10.0 Å². The molecular formula is C10H15ClN2O2S. The highest BCUT2D eigenvalue weighted by molar-refractivity contribution is 7.89. The lowest BCUT2D eigenvalue weighted by Gasteiger charge is -2.17. The number of hydrogen-bond acceptors (Lipinski definition) is 3. The summed E-state index contributed by atoms with van der Waals surface area (Å²) in [6, 6.07) is 4.44. The van der Waals surface area contributed by atoms with E-state index in [1.165, 1.54) is 23.5 Å². The molecule has 1 aromatic rings. The maximum absolute atomic E-state index is 12.1. The van der Waals surface area contributed by atoms with Crippen LogP contribution in [0, 0.1) is 0 Å². The van der Waals surface area contributed by atoms with E-state index in [1.54, 1.807) is 6.07 Å². The number of anilines is 1. The van der Waals surface area contributed by atoms with Crippen molar-refractivity contribution >= 4 is 27.3 Å². The third-order valence-corrected chi connectivity index (χ3v) is 4.52. The highest BCUT2D eigenvalue weighted by atomic mass is 35.5. The maximum atomic E-state index is 12.1. The predicted molar refractivity (Wildman–Crippen MR) is 66.0 cm³/mol. The Morgan fingerprint density at radius 2 is 2.06 bits per heavy atom. The van der Waals surface area contributed by atoms with Crippen molar-refractivity contribution in [2.75, 3.05) is 19.3 Å². The largest absolute Gasteiger partial charge is 0.399 e. The molecule has 90 valence electrons. The summed E-state index contributed by atoms with van der Waals surface area (Å²) in [5, 5.41) is 0.192. The first kappa shape index (κ1) is 13.3. The zero-order valence-corrected chi connectivity index (χ0v) is 10.8. The fraction of sp³-hybridized carbons (Fsp3) is 0.400. The molecular weight excluding hydrogens is 248 g/mol. The van der Waals surface area contributed by atoms with Crippen LogP contribution in [0.5, 0.6) is 0 Å². The van der Waals surface area contributed by atoms with Crippen LogP contribution in [0.4, 0.5) is 5.69 Å². The van der Waals surface area contributed by atoms with E-state index < -0.39 is 10.0 Å². The molecule has 16 heavy (non-hydrogen) atoms. The zero-order valence-electron chi connectivity index (χ0n) is 9.27. The van der Waals surface area contributed by atoms with Gasteiger partial charge in [0.15, 0.2) is 0 Å². The summed E-state index contributed by atoms with van der Waals surface area (Å²) in [6.45, 7) is 2.36. The average Bonchev–Trinajstić information content (AvgIpc) is 2.22. The lowest BCUT2D eigenvalue weighted by atomic mass is 10.3. The first-order valence-corrected chi connectivity index (χ1v) is 6.72. The first-order chi connectivity index (χ1) is 7.39. The Bertz CT molecular complexity index is 474. The number of nitrogen functional groups attached to an aromatic ring is 1. The molecule has 0 atom stereocenters. The molecule has 0 aliphatic carbocycles. The second-order valence-corrected chi connectivity index (χ2v) is 5.94. The quantitative estimate of drug-likeness (QED) is 0.844. The van der Waals surface area contributed by atoms with Crippen molar-refractivity contribution in [2.45, 2.75) is 18.2 Å². The van der Waals surface area contributed by atoms with Crippen molar-refractivity contribution in [3.05, 3.63) is 23.2 Å². The molecule has 0 aliphatic rings. The van der Waals surface area contributed by atoms with E-state index in [9.17, 15) is 8.42 Å². The van der Waals surface area contributed by atoms with Gasteiger partial charge in [-0.2, -0.15) is 0 Å². The fourth-order valence-electron chi connectivity index (χ4n) is 1.32. The van der Waals surface area contributed by atoms with E-state index in [2.05, 4.69) is 0 Å². The van der Waals surface area contributed by atoms with Crippen LogP contribution in [0.2, 0.25) is 5.02 Å². The van der Waals surface area contributed by atoms with Crippen LogP contribution in [-0.4, -0.2) is 26.3 Å². The van der Waals surface area contributed by atoms with Gasteiger partial charge < -0.3 is 5.73 Å². The van der Waals surface area contributed by atoms with Gasteiger partial charge in [-0.3, -0.25) is 0 Å². The molecule has 0 radical (unpaired) electrons. The van der Waals surface area contributed by atoms with Gasteiger partial charge in [0.05, 0.1) is 5.02 Å². The summed E-state index contributed by atoms with van der Waals surface area (Å²) in [7, 11) is -2.01. The van der Waals surface area contributed by atoms with Crippen molar-refractivity contribution < 1.29 is 8.42 Å². The van der Waals surface area contributed by atoms with Crippen LogP contribution in [0.3, 0.4) is 0 Å².